The lowest BCUT2D eigenvalue weighted by Crippen LogP contribution is -2.45. The van der Waals surface area contributed by atoms with Gasteiger partial charge in [-0.15, -0.1) is 11.3 Å². The minimum Gasteiger partial charge on any atom is -0.325 e. The number of hydrogen-bond acceptors (Lipinski definition) is 4. The Bertz CT molecular complexity index is 1030. The maximum absolute atomic E-state index is 13.0. The lowest BCUT2D eigenvalue weighted by atomic mass is 10.1. The molecule has 0 saturated carbocycles. The van der Waals surface area contributed by atoms with Crippen molar-refractivity contribution in [1.29, 1.82) is 0 Å². The van der Waals surface area contributed by atoms with Crippen molar-refractivity contribution in [2.75, 3.05) is 5.32 Å². The van der Waals surface area contributed by atoms with Crippen molar-refractivity contribution >= 4 is 33.0 Å². The van der Waals surface area contributed by atoms with Crippen LogP contribution >= 0.6 is 11.3 Å². The standard InChI is InChI=1S/C21H22N2O3S2/c1-15-11-16(2)13-18(12-15)22-21(24)19(14-17-7-4-3-5-8-17)23-28(25,26)20-9-6-10-27-20/h3-13,19,23H,14H2,1-2H3,(H,22,24)/t19-/m1/s1. The second-order valence-corrected chi connectivity index (χ2v) is 9.55. The third-order valence-electron chi connectivity index (χ3n) is 4.15. The molecule has 2 N–H and O–H groups in total. The Hall–Kier alpha value is -2.48. The molecule has 3 rings (SSSR count). The van der Waals surface area contributed by atoms with Gasteiger partial charge in [-0.1, -0.05) is 42.5 Å². The molecule has 0 saturated heterocycles. The molecule has 0 spiro atoms. The zero-order valence-corrected chi connectivity index (χ0v) is 17.3. The summed E-state index contributed by atoms with van der Waals surface area (Å²) in [4.78, 5) is 13.0. The van der Waals surface area contributed by atoms with Crippen LogP contribution in [-0.2, 0) is 21.2 Å². The zero-order valence-electron chi connectivity index (χ0n) is 15.7. The molecule has 1 amide bonds. The SMILES string of the molecule is Cc1cc(C)cc(NC(=O)[C@@H](Cc2ccccc2)NS(=O)(=O)c2cccs2)c1. The van der Waals surface area contributed by atoms with Gasteiger partial charge in [0.2, 0.25) is 5.91 Å². The Morgan fingerprint density at radius 3 is 2.29 bits per heavy atom. The number of carbonyl (C=O) groups is 1. The Kier molecular flexibility index (Phi) is 6.28. The van der Waals surface area contributed by atoms with Crippen LogP contribution in [-0.4, -0.2) is 20.4 Å². The Balaban J connectivity index is 1.85. The number of anilines is 1. The number of nitrogens with one attached hydrogen (secondary N) is 2. The number of benzene rings is 2. The van der Waals surface area contributed by atoms with Gasteiger partial charge in [-0.3, -0.25) is 4.79 Å². The molecule has 28 heavy (non-hydrogen) atoms. The van der Waals surface area contributed by atoms with E-state index >= 15 is 0 Å². The molecule has 1 aromatic heterocycles. The maximum atomic E-state index is 13.0. The monoisotopic (exact) mass is 414 g/mol. The van der Waals surface area contributed by atoms with E-state index in [2.05, 4.69) is 10.0 Å². The fourth-order valence-electron chi connectivity index (χ4n) is 2.98. The van der Waals surface area contributed by atoms with Gasteiger partial charge in [0.15, 0.2) is 0 Å². The summed E-state index contributed by atoms with van der Waals surface area (Å²) in [6.45, 7) is 3.90. The van der Waals surface area contributed by atoms with E-state index in [0.29, 0.717) is 5.69 Å². The van der Waals surface area contributed by atoms with Crippen molar-refractivity contribution in [2.45, 2.75) is 30.5 Å². The first-order chi connectivity index (χ1) is 13.3. The summed E-state index contributed by atoms with van der Waals surface area (Å²) in [6, 6.07) is 17.3. The molecule has 7 heteroatoms. The predicted molar refractivity (Wildman–Crippen MR) is 113 cm³/mol. The van der Waals surface area contributed by atoms with Gasteiger partial charge in [0.1, 0.15) is 10.3 Å². The highest BCUT2D eigenvalue weighted by Gasteiger charge is 2.27. The molecule has 0 aliphatic rings. The molecular weight excluding hydrogens is 392 g/mol. The van der Waals surface area contributed by atoms with Gasteiger partial charge in [-0.2, -0.15) is 4.72 Å². The number of sulfonamides is 1. The average Bonchev–Trinajstić information content (AvgIpc) is 3.16. The molecule has 0 unspecified atom stereocenters. The van der Waals surface area contributed by atoms with Crippen molar-refractivity contribution < 1.29 is 13.2 Å². The smallest absolute Gasteiger partial charge is 0.250 e. The Morgan fingerprint density at radius 1 is 1.00 bits per heavy atom. The third kappa shape index (κ3) is 5.28. The van der Waals surface area contributed by atoms with E-state index in [1.54, 1.807) is 11.4 Å². The molecule has 0 bridgehead atoms. The maximum Gasteiger partial charge on any atom is 0.250 e. The number of hydrogen-bond donors (Lipinski definition) is 2. The lowest BCUT2D eigenvalue weighted by Gasteiger charge is -2.19. The van der Waals surface area contributed by atoms with E-state index in [9.17, 15) is 13.2 Å². The lowest BCUT2D eigenvalue weighted by molar-refractivity contribution is -0.117. The van der Waals surface area contributed by atoms with Gasteiger partial charge in [-0.05, 0) is 60.5 Å². The van der Waals surface area contributed by atoms with Crippen LogP contribution in [0.4, 0.5) is 5.69 Å². The van der Waals surface area contributed by atoms with Crippen LogP contribution in [0.2, 0.25) is 0 Å². The minimum absolute atomic E-state index is 0.185. The molecule has 0 fully saturated rings. The number of carbonyl (C=O) groups excluding carboxylic acids is 1. The van der Waals surface area contributed by atoms with Crippen molar-refractivity contribution in [1.82, 2.24) is 4.72 Å². The first-order valence-corrected chi connectivity index (χ1v) is 11.2. The van der Waals surface area contributed by atoms with Crippen LogP contribution in [0, 0.1) is 13.8 Å². The van der Waals surface area contributed by atoms with Crippen molar-refractivity contribution in [3.8, 4) is 0 Å². The second-order valence-electron chi connectivity index (χ2n) is 6.66. The summed E-state index contributed by atoms with van der Waals surface area (Å²) in [5.74, 6) is -0.394. The fraction of sp³-hybridized carbons (Fsp3) is 0.190. The number of thiophene rings is 1. The largest absolute Gasteiger partial charge is 0.325 e. The van der Waals surface area contributed by atoms with Gasteiger partial charge in [-0.25, -0.2) is 8.42 Å². The molecule has 2 aromatic carbocycles. The normalized spacial score (nSPS) is 12.5. The van der Waals surface area contributed by atoms with E-state index in [4.69, 9.17) is 0 Å². The first kappa shape index (κ1) is 20.3. The predicted octanol–water partition coefficient (Wildman–Crippen LogP) is 3.89. The van der Waals surface area contributed by atoms with Crippen LogP contribution in [0.5, 0.6) is 0 Å². The first-order valence-electron chi connectivity index (χ1n) is 8.82. The topological polar surface area (TPSA) is 75.3 Å². The van der Waals surface area contributed by atoms with Gasteiger partial charge < -0.3 is 5.32 Å². The molecule has 0 aliphatic carbocycles. The number of amides is 1. The van der Waals surface area contributed by atoms with Crippen molar-refractivity contribution in [3.63, 3.8) is 0 Å². The quantitative estimate of drug-likeness (QED) is 0.616. The van der Waals surface area contributed by atoms with Crippen LogP contribution in [0.3, 0.4) is 0 Å². The number of aryl methyl sites for hydroxylation is 2. The highest BCUT2D eigenvalue weighted by Crippen LogP contribution is 2.18. The molecular formula is C21H22N2O3S2. The zero-order chi connectivity index (χ0) is 20.1. The molecule has 3 aromatic rings. The van der Waals surface area contributed by atoms with E-state index < -0.39 is 22.0 Å². The average molecular weight is 415 g/mol. The molecule has 146 valence electrons. The van der Waals surface area contributed by atoms with Crippen LogP contribution in [0.1, 0.15) is 16.7 Å². The van der Waals surface area contributed by atoms with Crippen LogP contribution in [0.25, 0.3) is 0 Å². The minimum atomic E-state index is -3.78. The van der Waals surface area contributed by atoms with Crippen molar-refractivity contribution in [3.05, 3.63) is 82.7 Å². The summed E-state index contributed by atoms with van der Waals surface area (Å²) in [7, 11) is -3.78. The van der Waals surface area contributed by atoms with Crippen LogP contribution in [0.15, 0.2) is 70.3 Å². The summed E-state index contributed by atoms with van der Waals surface area (Å²) >= 11 is 1.12. The van der Waals surface area contributed by atoms with E-state index in [1.807, 2.05) is 62.4 Å². The Morgan fingerprint density at radius 2 is 1.68 bits per heavy atom. The van der Waals surface area contributed by atoms with E-state index in [1.165, 1.54) is 6.07 Å². The van der Waals surface area contributed by atoms with Gasteiger partial charge in [0.05, 0.1) is 0 Å². The molecule has 0 aliphatic heterocycles. The third-order valence-corrected chi connectivity index (χ3v) is 7.01. The highest BCUT2D eigenvalue weighted by molar-refractivity contribution is 7.91. The highest BCUT2D eigenvalue weighted by atomic mass is 32.2. The Labute approximate surface area is 169 Å². The molecule has 1 heterocycles. The van der Waals surface area contributed by atoms with Gasteiger partial charge in [0.25, 0.3) is 10.0 Å². The van der Waals surface area contributed by atoms with Gasteiger partial charge in [0, 0.05) is 5.69 Å². The number of rotatable bonds is 7. The van der Waals surface area contributed by atoms with E-state index in [-0.39, 0.29) is 10.6 Å². The summed E-state index contributed by atoms with van der Waals surface area (Å²) in [6.07, 6.45) is 0.252. The molecule has 1 atom stereocenters. The van der Waals surface area contributed by atoms with E-state index in [0.717, 1.165) is 28.0 Å². The van der Waals surface area contributed by atoms with Crippen LogP contribution < -0.4 is 10.0 Å². The van der Waals surface area contributed by atoms with Gasteiger partial charge >= 0.3 is 0 Å². The van der Waals surface area contributed by atoms with Crippen molar-refractivity contribution in [2.24, 2.45) is 0 Å². The fourth-order valence-corrected chi connectivity index (χ4v) is 5.18. The second kappa shape index (κ2) is 8.68. The molecule has 5 nitrogen and oxygen atoms in total. The summed E-state index contributed by atoms with van der Waals surface area (Å²) < 4.78 is 28.1. The molecule has 0 radical (unpaired) electrons. The summed E-state index contributed by atoms with van der Waals surface area (Å²) in [5.41, 5.74) is 3.57. The summed E-state index contributed by atoms with van der Waals surface area (Å²) in [5, 5.41) is 4.54.